The smallest absolute Gasteiger partial charge is 0.424 e. The van der Waals surface area contributed by atoms with Gasteiger partial charge in [0.05, 0.1) is 37.3 Å². The summed E-state index contributed by atoms with van der Waals surface area (Å²) >= 11 is 0. The first kappa shape index (κ1) is 27.5. The van der Waals surface area contributed by atoms with Crippen LogP contribution in [0, 0.1) is 6.92 Å². The Balaban J connectivity index is 1.79. The zero-order chi connectivity index (χ0) is 26.3. The second-order valence-electron chi connectivity index (χ2n) is 8.45. The number of carbonyl (C=O) groups is 1. The predicted octanol–water partition coefficient (Wildman–Crippen LogP) is 3.85. The van der Waals surface area contributed by atoms with E-state index in [4.69, 9.17) is 9.47 Å². The number of amides is 1. The molecule has 1 saturated carbocycles. The summed E-state index contributed by atoms with van der Waals surface area (Å²) in [6.45, 7) is 3.19. The zero-order valence-corrected chi connectivity index (χ0v) is 19.8. The number of nitrogens with zero attached hydrogens (tertiary/aromatic N) is 3. The van der Waals surface area contributed by atoms with E-state index in [0.29, 0.717) is 22.3 Å². The van der Waals surface area contributed by atoms with Gasteiger partial charge < -0.3 is 19.9 Å². The molecule has 0 radical (unpaired) electrons. The fourth-order valence-corrected chi connectivity index (χ4v) is 3.36. The van der Waals surface area contributed by atoms with E-state index in [0.717, 1.165) is 18.9 Å². The van der Waals surface area contributed by atoms with E-state index in [1.807, 2.05) is 0 Å². The molecule has 0 spiro atoms. The first-order chi connectivity index (χ1) is 17.1. The Labute approximate surface area is 205 Å². The summed E-state index contributed by atoms with van der Waals surface area (Å²) < 4.78 is 64.7. The molecule has 1 atom stereocenters. The fourth-order valence-electron chi connectivity index (χ4n) is 3.36. The van der Waals surface area contributed by atoms with Crippen LogP contribution in [0.15, 0.2) is 35.0 Å². The third-order valence-electron chi connectivity index (χ3n) is 5.45. The van der Waals surface area contributed by atoms with E-state index in [1.54, 1.807) is 13.0 Å². The van der Waals surface area contributed by atoms with E-state index in [-0.39, 0.29) is 37.7 Å². The van der Waals surface area contributed by atoms with Gasteiger partial charge in [-0.15, -0.1) is 5.10 Å². The molecule has 1 heterocycles. The Morgan fingerprint density at radius 3 is 2.67 bits per heavy atom. The lowest BCUT2D eigenvalue weighted by Gasteiger charge is -2.31. The number of carbonyl (C=O) groups excluding carboxylic acids is 1. The van der Waals surface area contributed by atoms with Gasteiger partial charge in [0, 0.05) is 17.6 Å². The van der Waals surface area contributed by atoms with Gasteiger partial charge in [-0.05, 0) is 57.5 Å². The van der Waals surface area contributed by atoms with Gasteiger partial charge >= 0.3 is 6.18 Å². The van der Waals surface area contributed by atoms with Crippen LogP contribution in [0.3, 0.4) is 0 Å². The highest BCUT2D eigenvalue weighted by Gasteiger charge is 2.56. The van der Waals surface area contributed by atoms with Crippen LogP contribution in [0.4, 0.5) is 17.6 Å². The molecule has 1 aliphatic carbocycles. The van der Waals surface area contributed by atoms with Crippen molar-refractivity contribution in [3.05, 3.63) is 41.2 Å². The van der Waals surface area contributed by atoms with Crippen LogP contribution in [0.5, 0.6) is 5.75 Å². The molecule has 1 fully saturated rings. The lowest BCUT2D eigenvalue weighted by Crippen LogP contribution is -2.54. The highest BCUT2D eigenvalue weighted by Crippen LogP contribution is 2.37. The molecule has 1 aromatic heterocycles. The average molecular weight is 513 g/mol. The van der Waals surface area contributed by atoms with Crippen molar-refractivity contribution >= 4 is 23.5 Å². The minimum atomic E-state index is -5.17. The molecule has 1 aliphatic rings. The van der Waals surface area contributed by atoms with Gasteiger partial charge in [0.1, 0.15) is 11.3 Å². The van der Waals surface area contributed by atoms with Crippen LogP contribution in [0.1, 0.15) is 41.7 Å². The summed E-state index contributed by atoms with van der Waals surface area (Å²) in [6, 6.07) is 4.54. The molecule has 12 heteroatoms. The van der Waals surface area contributed by atoms with Crippen molar-refractivity contribution in [1.29, 1.82) is 0 Å². The predicted molar refractivity (Wildman–Crippen MR) is 125 cm³/mol. The van der Waals surface area contributed by atoms with Crippen LogP contribution in [0.25, 0.3) is 10.9 Å². The number of halogens is 4. The van der Waals surface area contributed by atoms with Crippen LogP contribution >= 0.6 is 0 Å². The second-order valence-corrected chi connectivity index (χ2v) is 8.45. The van der Waals surface area contributed by atoms with Crippen molar-refractivity contribution in [2.24, 2.45) is 4.99 Å². The topological polar surface area (TPSA) is 106 Å². The molecular weight excluding hydrogens is 484 g/mol. The third kappa shape index (κ3) is 6.76. The monoisotopic (exact) mass is 512 g/mol. The van der Waals surface area contributed by atoms with Gasteiger partial charge in [-0.2, -0.15) is 18.3 Å². The number of aliphatic hydroxyl groups is 1. The largest absolute Gasteiger partial charge is 0.488 e. The summed E-state index contributed by atoms with van der Waals surface area (Å²) in [5.74, 6) is -0.549. The highest BCUT2D eigenvalue weighted by atomic mass is 19.4. The van der Waals surface area contributed by atoms with Gasteiger partial charge in [0.2, 0.25) is 5.60 Å². The first-order valence-electron chi connectivity index (χ1n) is 11.4. The van der Waals surface area contributed by atoms with E-state index in [2.05, 4.69) is 27.2 Å². The summed E-state index contributed by atoms with van der Waals surface area (Å²) in [4.78, 5) is 16.2. The third-order valence-corrected chi connectivity index (χ3v) is 5.45. The van der Waals surface area contributed by atoms with Crippen molar-refractivity contribution in [1.82, 2.24) is 15.5 Å². The number of benzene rings is 1. The van der Waals surface area contributed by atoms with Crippen molar-refractivity contribution in [3.8, 4) is 5.75 Å². The number of aryl methyl sites for hydroxylation is 1. The molecule has 8 nitrogen and oxygen atoms in total. The quantitative estimate of drug-likeness (QED) is 0.240. The number of ether oxygens (including phenoxy) is 2. The molecule has 3 rings (SSSR count). The molecule has 1 aromatic carbocycles. The molecule has 0 bridgehead atoms. The van der Waals surface area contributed by atoms with Gasteiger partial charge in [0.25, 0.3) is 5.91 Å². The van der Waals surface area contributed by atoms with Crippen LogP contribution < -0.4 is 10.1 Å². The lowest BCUT2D eigenvalue weighted by molar-refractivity contribution is -0.241. The number of rotatable bonds is 13. The summed E-state index contributed by atoms with van der Waals surface area (Å²) in [5, 5.41) is 21.4. The summed E-state index contributed by atoms with van der Waals surface area (Å²) in [6.07, 6.45) is -2.32. The maximum absolute atomic E-state index is 13.9. The molecule has 36 heavy (non-hydrogen) atoms. The van der Waals surface area contributed by atoms with Crippen LogP contribution in [0.2, 0.25) is 0 Å². The number of alkyl halides is 4. The Kier molecular flexibility index (Phi) is 8.96. The molecular formula is C24H28F4N4O4. The number of hydrogen-bond donors (Lipinski definition) is 2. The molecule has 1 amide bonds. The summed E-state index contributed by atoms with van der Waals surface area (Å²) in [5.41, 5.74) is -3.20. The number of nitrogens with one attached hydrogen (secondary N) is 1. The van der Waals surface area contributed by atoms with Gasteiger partial charge in [0.15, 0.2) is 0 Å². The van der Waals surface area contributed by atoms with Gasteiger partial charge in [-0.1, -0.05) is 6.08 Å². The van der Waals surface area contributed by atoms with Gasteiger partial charge in [-0.25, -0.2) is 0 Å². The van der Waals surface area contributed by atoms with Gasteiger partial charge in [-0.3, -0.25) is 14.2 Å². The molecule has 196 valence electrons. The Hall–Kier alpha value is -3.12. The normalized spacial score (nSPS) is 16.0. The number of hydrogen-bond acceptors (Lipinski definition) is 7. The number of fused-ring (bicyclic) bond motifs is 1. The van der Waals surface area contributed by atoms with Crippen LogP contribution in [-0.2, 0) is 4.74 Å². The first-order valence-corrected chi connectivity index (χ1v) is 11.4. The van der Waals surface area contributed by atoms with Crippen molar-refractivity contribution in [2.75, 3.05) is 26.4 Å². The molecule has 1 unspecified atom stereocenters. The average Bonchev–Trinajstić information content (AvgIpc) is 3.64. The van der Waals surface area contributed by atoms with E-state index < -0.39 is 36.6 Å². The highest BCUT2D eigenvalue weighted by molar-refractivity contribution is 5.99. The van der Waals surface area contributed by atoms with Crippen molar-refractivity contribution in [3.63, 3.8) is 0 Å². The minimum Gasteiger partial charge on any atom is -0.488 e. The Bertz CT molecular complexity index is 1120. The van der Waals surface area contributed by atoms with E-state index >= 15 is 0 Å². The molecule has 2 aromatic rings. The Morgan fingerprint density at radius 1 is 1.28 bits per heavy atom. The van der Waals surface area contributed by atoms with Crippen molar-refractivity contribution < 1.29 is 36.9 Å². The van der Waals surface area contributed by atoms with E-state index in [9.17, 15) is 27.5 Å². The SMILES string of the molecule is C=N/C(=C\CCOCCCF)C(O)(CNC(=O)c1cc(OC2CC2)c2nnc(C)cc2c1)C(F)(F)F. The van der Waals surface area contributed by atoms with E-state index in [1.165, 1.54) is 12.1 Å². The fraction of sp³-hybridized carbons (Fsp3) is 0.500. The van der Waals surface area contributed by atoms with Crippen LogP contribution in [-0.4, -0.2) is 72.2 Å². The number of aliphatic imine (C=N–C) groups is 1. The molecule has 0 aliphatic heterocycles. The maximum Gasteiger partial charge on any atom is 0.424 e. The Morgan fingerprint density at radius 2 is 2.03 bits per heavy atom. The molecule has 2 N–H and O–H groups in total. The van der Waals surface area contributed by atoms with Crippen molar-refractivity contribution in [2.45, 2.75) is 50.5 Å². The minimum absolute atomic E-state index is 0.00247. The summed E-state index contributed by atoms with van der Waals surface area (Å²) in [7, 11) is 0. The lowest BCUT2D eigenvalue weighted by atomic mass is 9.97. The maximum atomic E-state index is 13.9. The standard InChI is InChI=1S/C24H28F4N4O4/c1-15-11-16-12-17(13-19(21(16)32-31-15)36-18-6-7-18)22(33)30-14-23(34,24(26,27)28)20(29-2)5-3-9-35-10-4-8-25/h5,11-13,18,34H,2-4,6-10,14H2,1H3,(H,30,33)/b20-5-. The zero-order valence-electron chi connectivity index (χ0n) is 19.8. The number of aromatic nitrogens is 2. The molecule has 0 saturated heterocycles. The second kappa shape index (κ2) is 11.7.